The molecule has 9 heteroatoms. The minimum absolute atomic E-state index is 0.0415. The Morgan fingerprint density at radius 2 is 2.00 bits per heavy atom. The molecule has 4 N–H and O–H groups in total. The first-order valence-electron chi connectivity index (χ1n) is 7.72. The molecule has 0 fully saturated rings. The predicted octanol–water partition coefficient (Wildman–Crippen LogP) is 1.24. The fourth-order valence-electron chi connectivity index (χ4n) is 2.78. The number of amides is 1. The molecule has 1 unspecified atom stereocenters. The van der Waals surface area contributed by atoms with E-state index in [0.717, 1.165) is 12.2 Å². The summed E-state index contributed by atoms with van der Waals surface area (Å²) in [6.45, 7) is 0.142. The maximum Gasteiger partial charge on any atom is 0.423 e. The Labute approximate surface area is 141 Å². The fourth-order valence-corrected chi connectivity index (χ4v) is 2.78. The van der Waals surface area contributed by atoms with Crippen molar-refractivity contribution < 1.29 is 23.1 Å². The van der Waals surface area contributed by atoms with Gasteiger partial charge in [-0.05, 0) is 5.56 Å². The highest BCUT2D eigenvalue weighted by atomic mass is 19.4. The van der Waals surface area contributed by atoms with Crippen molar-refractivity contribution in [2.24, 2.45) is 0 Å². The van der Waals surface area contributed by atoms with Gasteiger partial charge in [-0.1, -0.05) is 30.3 Å². The molecule has 3 rings (SSSR count). The number of rotatable bonds is 4. The Bertz CT molecular complexity index is 760. The molecule has 1 aromatic heterocycles. The molecule has 1 amide bonds. The Balaban J connectivity index is 1.80. The molecule has 0 saturated heterocycles. The minimum Gasteiger partial charge on any atom is -0.375 e. The van der Waals surface area contributed by atoms with E-state index in [9.17, 15) is 23.1 Å². The average Bonchev–Trinajstić information content (AvgIpc) is 3.03. The first-order valence-corrected chi connectivity index (χ1v) is 7.72. The average molecular weight is 354 g/mol. The number of halogens is 3. The number of benzene rings is 1. The number of hydrogen-bond donors (Lipinski definition) is 4. The van der Waals surface area contributed by atoms with Crippen molar-refractivity contribution in [3.63, 3.8) is 0 Å². The Morgan fingerprint density at radius 1 is 1.28 bits per heavy atom. The van der Waals surface area contributed by atoms with E-state index in [0.29, 0.717) is 18.5 Å². The van der Waals surface area contributed by atoms with Crippen LogP contribution in [0.1, 0.15) is 27.3 Å². The van der Waals surface area contributed by atoms with Crippen molar-refractivity contribution in [1.82, 2.24) is 20.8 Å². The van der Waals surface area contributed by atoms with Crippen molar-refractivity contribution in [3.05, 3.63) is 52.8 Å². The van der Waals surface area contributed by atoms with Crippen LogP contribution in [0.15, 0.2) is 30.3 Å². The van der Waals surface area contributed by atoms with E-state index in [1.165, 1.54) is 24.3 Å². The summed E-state index contributed by atoms with van der Waals surface area (Å²) in [5.74, 6) is -0.764. The number of fused-ring (bicyclic) bond motifs is 1. The van der Waals surface area contributed by atoms with Crippen LogP contribution < -0.4 is 10.6 Å². The smallest absolute Gasteiger partial charge is 0.375 e. The minimum atomic E-state index is -4.95. The largest absolute Gasteiger partial charge is 0.423 e. The number of carbonyl (C=O) groups excluding carboxylic acids is 1. The number of aromatic amines is 1. The summed E-state index contributed by atoms with van der Waals surface area (Å²) < 4.78 is 40.3. The van der Waals surface area contributed by atoms with Crippen LogP contribution in [0.2, 0.25) is 0 Å². The quantitative estimate of drug-likeness (QED) is 0.665. The lowest BCUT2D eigenvalue weighted by Gasteiger charge is -2.31. The summed E-state index contributed by atoms with van der Waals surface area (Å²) in [5.41, 5.74) is -2.05. The molecule has 2 aromatic rings. The summed E-state index contributed by atoms with van der Waals surface area (Å²) in [7, 11) is 0. The molecule has 25 heavy (non-hydrogen) atoms. The first kappa shape index (κ1) is 17.4. The standard InChI is InChI=1S/C16H17F3N4O2/c17-16(18,19)15(25,10-4-2-1-3-5-10)9-21-14(24)13-11-8-20-7-6-12(11)22-23-13/h1-5,20,25H,6-9H2,(H,21,24)(H,22,23). The summed E-state index contributed by atoms with van der Waals surface area (Å²) in [6.07, 6.45) is -4.29. The van der Waals surface area contributed by atoms with Gasteiger partial charge >= 0.3 is 6.18 Å². The van der Waals surface area contributed by atoms with Gasteiger partial charge in [0.25, 0.3) is 5.91 Å². The van der Waals surface area contributed by atoms with E-state index in [1.807, 2.05) is 0 Å². The van der Waals surface area contributed by atoms with Gasteiger partial charge in [-0.25, -0.2) is 0 Å². The zero-order chi connectivity index (χ0) is 18.1. The zero-order valence-corrected chi connectivity index (χ0v) is 13.2. The van der Waals surface area contributed by atoms with Crippen LogP contribution in [0.25, 0.3) is 0 Å². The van der Waals surface area contributed by atoms with Gasteiger partial charge in [0, 0.05) is 30.8 Å². The van der Waals surface area contributed by atoms with Crippen molar-refractivity contribution >= 4 is 5.91 Å². The Hall–Kier alpha value is -2.39. The second kappa shape index (κ2) is 6.49. The Kier molecular flexibility index (Phi) is 4.53. The van der Waals surface area contributed by atoms with Crippen LogP contribution in [-0.2, 0) is 18.6 Å². The van der Waals surface area contributed by atoms with Gasteiger partial charge in [0.2, 0.25) is 5.60 Å². The Morgan fingerprint density at radius 3 is 2.68 bits per heavy atom. The summed E-state index contributed by atoms with van der Waals surface area (Å²) in [4.78, 5) is 12.3. The summed E-state index contributed by atoms with van der Waals surface area (Å²) >= 11 is 0. The maximum atomic E-state index is 13.4. The molecule has 0 bridgehead atoms. The second-order valence-corrected chi connectivity index (χ2v) is 5.86. The van der Waals surface area contributed by atoms with E-state index in [1.54, 1.807) is 6.07 Å². The third-order valence-corrected chi connectivity index (χ3v) is 4.25. The lowest BCUT2D eigenvalue weighted by atomic mass is 9.93. The highest BCUT2D eigenvalue weighted by molar-refractivity contribution is 5.94. The lowest BCUT2D eigenvalue weighted by Crippen LogP contribution is -2.51. The molecule has 1 aliphatic heterocycles. The molecule has 1 atom stereocenters. The number of H-pyrrole nitrogens is 1. The molecule has 6 nitrogen and oxygen atoms in total. The van der Waals surface area contributed by atoms with Crippen molar-refractivity contribution in [2.75, 3.05) is 13.1 Å². The number of alkyl halides is 3. The van der Waals surface area contributed by atoms with Crippen LogP contribution in [0.5, 0.6) is 0 Å². The first-order chi connectivity index (χ1) is 11.8. The van der Waals surface area contributed by atoms with Crippen LogP contribution >= 0.6 is 0 Å². The zero-order valence-electron chi connectivity index (χ0n) is 13.2. The van der Waals surface area contributed by atoms with E-state index in [4.69, 9.17) is 0 Å². The molecule has 134 valence electrons. The van der Waals surface area contributed by atoms with Gasteiger partial charge in [-0.3, -0.25) is 9.89 Å². The monoisotopic (exact) mass is 354 g/mol. The normalized spacial score (nSPS) is 16.8. The van der Waals surface area contributed by atoms with Crippen molar-refractivity contribution in [3.8, 4) is 0 Å². The highest BCUT2D eigenvalue weighted by Crippen LogP contribution is 2.38. The topological polar surface area (TPSA) is 90.0 Å². The van der Waals surface area contributed by atoms with Crippen LogP contribution in [0.3, 0.4) is 0 Å². The fraction of sp³-hybridized carbons (Fsp3) is 0.375. The molecule has 0 aliphatic carbocycles. The van der Waals surface area contributed by atoms with Gasteiger partial charge in [0.1, 0.15) is 0 Å². The van der Waals surface area contributed by atoms with Crippen molar-refractivity contribution in [2.45, 2.75) is 24.7 Å². The summed E-state index contributed by atoms with van der Waals surface area (Å²) in [5, 5.41) is 22.1. The molecular formula is C16H17F3N4O2. The number of hydrogen-bond acceptors (Lipinski definition) is 4. The predicted molar refractivity (Wildman–Crippen MR) is 82.7 cm³/mol. The lowest BCUT2D eigenvalue weighted by molar-refractivity contribution is -0.263. The van der Waals surface area contributed by atoms with Crippen LogP contribution in [0.4, 0.5) is 13.2 Å². The maximum absolute atomic E-state index is 13.4. The third kappa shape index (κ3) is 3.24. The molecule has 0 saturated carbocycles. The van der Waals surface area contributed by atoms with Crippen LogP contribution in [0, 0.1) is 0 Å². The van der Waals surface area contributed by atoms with E-state index < -0.39 is 24.2 Å². The van der Waals surface area contributed by atoms with Gasteiger partial charge in [0.15, 0.2) is 5.69 Å². The summed E-state index contributed by atoms with van der Waals surface area (Å²) in [6, 6.07) is 6.66. The SMILES string of the molecule is O=C(NCC(O)(c1ccccc1)C(F)(F)F)c1n[nH]c2c1CNCC2. The van der Waals surface area contributed by atoms with Gasteiger partial charge in [0.05, 0.1) is 6.54 Å². The second-order valence-electron chi connectivity index (χ2n) is 5.86. The molecule has 2 heterocycles. The molecule has 1 aromatic carbocycles. The van der Waals surface area contributed by atoms with Gasteiger partial charge in [-0.2, -0.15) is 18.3 Å². The number of aromatic nitrogens is 2. The number of nitrogens with zero attached hydrogens (tertiary/aromatic N) is 1. The third-order valence-electron chi connectivity index (χ3n) is 4.25. The number of carbonyl (C=O) groups is 1. The number of aliphatic hydroxyl groups is 1. The molecule has 0 spiro atoms. The molecule has 0 radical (unpaired) electrons. The highest BCUT2D eigenvalue weighted by Gasteiger charge is 2.55. The number of nitrogens with one attached hydrogen (secondary N) is 3. The van der Waals surface area contributed by atoms with Gasteiger partial charge < -0.3 is 15.7 Å². The van der Waals surface area contributed by atoms with Crippen molar-refractivity contribution in [1.29, 1.82) is 0 Å². The molecular weight excluding hydrogens is 337 g/mol. The van der Waals surface area contributed by atoms with Gasteiger partial charge in [-0.15, -0.1) is 0 Å². The van der Waals surface area contributed by atoms with Crippen LogP contribution in [-0.4, -0.2) is 40.5 Å². The van der Waals surface area contributed by atoms with E-state index in [2.05, 4.69) is 20.8 Å². The van der Waals surface area contributed by atoms with E-state index >= 15 is 0 Å². The molecule has 1 aliphatic rings. The van der Waals surface area contributed by atoms with E-state index in [-0.39, 0.29) is 11.3 Å².